The van der Waals surface area contributed by atoms with Gasteiger partial charge in [0.05, 0.1) is 24.3 Å². The van der Waals surface area contributed by atoms with Gasteiger partial charge in [0.1, 0.15) is 11.8 Å². The zero-order chi connectivity index (χ0) is 22.3. The van der Waals surface area contributed by atoms with Crippen molar-refractivity contribution >= 4 is 17.6 Å². The van der Waals surface area contributed by atoms with Gasteiger partial charge in [-0.05, 0) is 11.8 Å². The molecule has 166 valence electrons. The van der Waals surface area contributed by atoms with Crippen molar-refractivity contribution in [2.75, 3.05) is 20.3 Å². The van der Waals surface area contributed by atoms with Gasteiger partial charge in [0.25, 0.3) is 0 Å². The van der Waals surface area contributed by atoms with E-state index in [-0.39, 0.29) is 22.0 Å². The SMILES string of the molecule is COCCCOc1cc2c(nc1Cl)-c1cc(=O)ccn1C1C(O2)C(C(=O)O)CC1(C)C. The molecule has 0 radical (unpaired) electrons. The number of carbonyl (C=O) groups is 1. The summed E-state index contributed by atoms with van der Waals surface area (Å²) in [5.41, 5.74) is 0.366. The standard InChI is InChI=1S/C22H25ClN2O6/c1-22(2)11-13(21(27)28)18-19(22)25-6-5-12(26)9-14(25)17-15(31-18)10-16(20(23)24-17)30-8-4-7-29-3/h5-6,9-10,13,18-19H,4,7-8,11H2,1-3H3,(H,27,28). The maximum atomic E-state index is 12.2. The lowest BCUT2D eigenvalue weighted by Crippen LogP contribution is -2.36. The molecule has 2 aliphatic rings. The lowest BCUT2D eigenvalue weighted by Gasteiger charge is -2.32. The van der Waals surface area contributed by atoms with Gasteiger partial charge in [0, 0.05) is 44.5 Å². The van der Waals surface area contributed by atoms with Crippen molar-refractivity contribution in [2.45, 2.75) is 38.8 Å². The molecular formula is C22H25ClN2O6. The molecule has 0 aromatic carbocycles. The third-order valence-electron chi connectivity index (χ3n) is 5.99. The molecule has 1 aliphatic heterocycles. The van der Waals surface area contributed by atoms with Crippen LogP contribution in [0.1, 0.15) is 32.7 Å². The number of carboxylic acids is 1. The van der Waals surface area contributed by atoms with Gasteiger partial charge >= 0.3 is 5.97 Å². The molecule has 1 saturated carbocycles. The lowest BCUT2D eigenvalue weighted by atomic mass is 9.86. The van der Waals surface area contributed by atoms with Gasteiger partial charge in [0.15, 0.2) is 22.1 Å². The second-order valence-corrected chi connectivity index (χ2v) is 9.00. The molecule has 1 aliphatic carbocycles. The molecule has 31 heavy (non-hydrogen) atoms. The Morgan fingerprint density at radius 3 is 2.87 bits per heavy atom. The first-order valence-electron chi connectivity index (χ1n) is 10.2. The zero-order valence-electron chi connectivity index (χ0n) is 17.6. The van der Waals surface area contributed by atoms with Crippen LogP contribution in [0.4, 0.5) is 0 Å². The van der Waals surface area contributed by atoms with Crippen molar-refractivity contribution in [1.29, 1.82) is 0 Å². The molecule has 3 heterocycles. The Morgan fingerprint density at radius 2 is 2.16 bits per heavy atom. The summed E-state index contributed by atoms with van der Waals surface area (Å²) in [6, 6.07) is 4.27. The van der Waals surface area contributed by atoms with Crippen LogP contribution in [0.2, 0.25) is 5.15 Å². The number of hydrogen-bond acceptors (Lipinski definition) is 6. The molecule has 9 heteroatoms. The van der Waals surface area contributed by atoms with E-state index in [0.717, 1.165) is 0 Å². The van der Waals surface area contributed by atoms with Gasteiger partial charge in [-0.1, -0.05) is 25.4 Å². The van der Waals surface area contributed by atoms with E-state index in [2.05, 4.69) is 4.98 Å². The third-order valence-corrected chi connectivity index (χ3v) is 6.26. The van der Waals surface area contributed by atoms with Crippen LogP contribution in [0, 0.1) is 11.3 Å². The Hall–Kier alpha value is -2.58. The number of aromatic nitrogens is 2. The van der Waals surface area contributed by atoms with Gasteiger partial charge in [-0.15, -0.1) is 0 Å². The normalized spacial score (nSPS) is 23.2. The van der Waals surface area contributed by atoms with E-state index in [0.29, 0.717) is 48.9 Å². The third kappa shape index (κ3) is 3.90. The quantitative estimate of drug-likeness (QED) is 0.533. The Bertz CT molecular complexity index is 1070. The molecule has 3 unspecified atom stereocenters. The minimum absolute atomic E-state index is 0.142. The molecule has 8 nitrogen and oxygen atoms in total. The van der Waals surface area contributed by atoms with Crippen LogP contribution in [0.5, 0.6) is 11.5 Å². The number of nitrogens with zero attached hydrogens (tertiary/aromatic N) is 2. The highest BCUT2D eigenvalue weighted by Gasteiger charge is 2.55. The molecule has 4 rings (SSSR count). The van der Waals surface area contributed by atoms with Crippen LogP contribution in [0.25, 0.3) is 11.4 Å². The molecule has 0 spiro atoms. The number of ether oxygens (including phenoxy) is 3. The molecule has 2 aromatic rings. The van der Waals surface area contributed by atoms with Gasteiger partial charge in [-0.2, -0.15) is 0 Å². The Morgan fingerprint density at radius 1 is 1.39 bits per heavy atom. The van der Waals surface area contributed by atoms with Crippen LogP contribution >= 0.6 is 11.6 Å². The number of methoxy groups -OCH3 is 1. The molecule has 0 saturated heterocycles. The fourth-order valence-corrected chi connectivity index (χ4v) is 4.86. The van der Waals surface area contributed by atoms with E-state index in [1.165, 1.54) is 12.1 Å². The number of halogens is 1. The maximum Gasteiger partial charge on any atom is 0.310 e. The highest BCUT2D eigenvalue weighted by molar-refractivity contribution is 6.31. The van der Waals surface area contributed by atoms with Crippen LogP contribution in [0.15, 0.2) is 29.2 Å². The summed E-state index contributed by atoms with van der Waals surface area (Å²) in [6.07, 6.45) is 2.16. The summed E-state index contributed by atoms with van der Waals surface area (Å²) >= 11 is 6.38. The summed E-state index contributed by atoms with van der Waals surface area (Å²) < 4.78 is 19.0. The maximum absolute atomic E-state index is 12.2. The van der Waals surface area contributed by atoms with Crippen molar-refractivity contribution in [2.24, 2.45) is 11.3 Å². The predicted molar refractivity (Wildman–Crippen MR) is 114 cm³/mol. The highest BCUT2D eigenvalue weighted by atomic mass is 35.5. The molecule has 1 fully saturated rings. The van der Waals surface area contributed by atoms with Crippen molar-refractivity contribution < 1.29 is 24.1 Å². The largest absolute Gasteiger partial charge is 0.490 e. The number of rotatable bonds is 6. The molecular weight excluding hydrogens is 424 g/mol. The lowest BCUT2D eigenvalue weighted by molar-refractivity contribution is -0.144. The van der Waals surface area contributed by atoms with E-state index in [1.807, 2.05) is 18.4 Å². The Labute approximate surface area is 184 Å². The van der Waals surface area contributed by atoms with E-state index in [1.54, 1.807) is 19.4 Å². The number of aliphatic carboxylic acids is 1. The summed E-state index contributed by atoms with van der Waals surface area (Å²) in [4.78, 5) is 28.7. The summed E-state index contributed by atoms with van der Waals surface area (Å²) in [5, 5.41) is 10.0. The van der Waals surface area contributed by atoms with Gasteiger partial charge in [-0.3, -0.25) is 9.59 Å². The first-order chi connectivity index (χ1) is 14.7. The minimum Gasteiger partial charge on any atom is -0.490 e. The van der Waals surface area contributed by atoms with Crippen molar-refractivity contribution in [3.05, 3.63) is 39.8 Å². The second kappa shape index (κ2) is 8.16. The first kappa shape index (κ1) is 21.6. The smallest absolute Gasteiger partial charge is 0.310 e. The first-order valence-corrected chi connectivity index (χ1v) is 10.5. The summed E-state index contributed by atoms with van der Waals surface area (Å²) in [7, 11) is 1.61. The van der Waals surface area contributed by atoms with Gasteiger partial charge in [-0.25, -0.2) is 4.98 Å². The zero-order valence-corrected chi connectivity index (χ0v) is 18.4. The van der Waals surface area contributed by atoms with Gasteiger partial charge in [0.2, 0.25) is 0 Å². The van der Waals surface area contributed by atoms with E-state index >= 15 is 0 Å². The van der Waals surface area contributed by atoms with Crippen molar-refractivity contribution in [1.82, 2.24) is 9.55 Å². The van der Waals surface area contributed by atoms with Crippen LogP contribution in [0.3, 0.4) is 0 Å². The molecule has 0 bridgehead atoms. The van der Waals surface area contributed by atoms with E-state index < -0.39 is 18.0 Å². The fourth-order valence-electron chi connectivity index (χ4n) is 4.66. The fraction of sp³-hybridized carbons (Fsp3) is 0.500. The minimum atomic E-state index is -0.912. The molecule has 2 aromatic heterocycles. The highest BCUT2D eigenvalue weighted by Crippen LogP contribution is 2.54. The molecule has 1 N–H and O–H groups in total. The summed E-state index contributed by atoms with van der Waals surface area (Å²) in [5.74, 6) is -0.935. The average molecular weight is 449 g/mol. The van der Waals surface area contributed by atoms with Crippen LogP contribution in [-0.4, -0.2) is 47.1 Å². The number of pyridine rings is 2. The summed E-state index contributed by atoms with van der Waals surface area (Å²) in [6.45, 7) is 4.95. The van der Waals surface area contributed by atoms with E-state index in [9.17, 15) is 14.7 Å². The van der Waals surface area contributed by atoms with Crippen molar-refractivity contribution in [3.8, 4) is 22.9 Å². The van der Waals surface area contributed by atoms with Crippen LogP contribution < -0.4 is 14.9 Å². The molecule has 3 atom stereocenters. The monoisotopic (exact) mass is 448 g/mol. The Kier molecular flexibility index (Phi) is 5.70. The Balaban J connectivity index is 1.84. The molecule has 0 amide bonds. The second-order valence-electron chi connectivity index (χ2n) is 8.64. The average Bonchev–Trinajstić information content (AvgIpc) is 2.89. The van der Waals surface area contributed by atoms with Crippen LogP contribution in [-0.2, 0) is 9.53 Å². The topological polar surface area (TPSA) is 99.9 Å². The van der Waals surface area contributed by atoms with E-state index in [4.69, 9.17) is 25.8 Å². The number of carboxylic acid groups (broad SMARTS) is 1. The number of fused-ring (bicyclic) bond motifs is 5. The van der Waals surface area contributed by atoms with Crippen molar-refractivity contribution in [3.63, 3.8) is 0 Å². The van der Waals surface area contributed by atoms with Gasteiger partial charge < -0.3 is 23.9 Å². The number of hydrogen-bond donors (Lipinski definition) is 1. The predicted octanol–water partition coefficient (Wildman–Crippen LogP) is 3.41.